The maximum absolute atomic E-state index is 12.1. The first-order valence-corrected chi connectivity index (χ1v) is 7.07. The van der Waals surface area contributed by atoms with Crippen LogP contribution < -0.4 is 11.1 Å². The predicted octanol–water partition coefficient (Wildman–Crippen LogP) is 0.0210. The van der Waals surface area contributed by atoms with Crippen molar-refractivity contribution in [2.24, 2.45) is 5.73 Å². The van der Waals surface area contributed by atoms with Gasteiger partial charge in [-0.2, -0.15) is 10.2 Å². The molecule has 0 aliphatic carbocycles. The van der Waals surface area contributed by atoms with Crippen molar-refractivity contribution in [1.29, 1.82) is 0 Å². The number of carbonyl (C=O) groups is 1. The molecular formula is C13H21N7O. The molecule has 21 heavy (non-hydrogen) atoms. The molecule has 0 spiro atoms. The van der Waals surface area contributed by atoms with E-state index < -0.39 is 0 Å². The van der Waals surface area contributed by atoms with Gasteiger partial charge >= 0.3 is 0 Å². The van der Waals surface area contributed by atoms with Gasteiger partial charge in [0.05, 0.1) is 11.8 Å². The second-order valence-corrected chi connectivity index (χ2v) is 4.80. The van der Waals surface area contributed by atoms with Crippen molar-refractivity contribution in [1.82, 2.24) is 30.3 Å². The maximum Gasteiger partial charge on any atom is 0.254 e. The van der Waals surface area contributed by atoms with Gasteiger partial charge < -0.3 is 11.1 Å². The lowest BCUT2D eigenvalue weighted by molar-refractivity contribution is 0.0952. The van der Waals surface area contributed by atoms with Crippen LogP contribution in [0.2, 0.25) is 0 Å². The van der Waals surface area contributed by atoms with Crippen molar-refractivity contribution in [3.63, 3.8) is 0 Å². The summed E-state index contributed by atoms with van der Waals surface area (Å²) < 4.78 is 1.82. The average Bonchev–Trinajstić information content (AvgIpc) is 3.11. The molecule has 0 atom stereocenters. The summed E-state index contributed by atoms with van der Waals surface area (Å²) >= 11 is 0. The van der Waals surface area contributed by atoms with Gasteiger partial charge in [-0.1, -0.05) is 0 Å². The summed E-state index contributed by atoms with van der Waals surface area (Å²) in [4.78, 5) is 16.1. The zero-order chi connectivity index (χ0) is 15.1. The van der Waals surface area contributed by atoms with Crippen LogP contribution in [0.25, 0.3) is 0 Å². The summed E-state index contributed by atoms with van der Waals surface area (Å²) in [6.45, 7) is 3.84. The van der Waals surface area contributed by atoms with Crippen LogP contribution in [0.4, 0.5) is 0 Å². The highest BCUT2D eigenvalue weighted by atomic mass is 16.1. The number of nitrogens with two attached hydrogens (primary N) is 1. The van der Waals surface area contributed by atoms with Gasteiger partial charge in [-0.15, -0.1) is 0 Å². The minimum atomic E-state index is -0.0935. The van der Waals surface area contributed by atoms with Gasteiger partial charge in [-0.3, -0.25) is 14.6 Å². The molecule has 2 aromatic rings. The first kappa shape index (κ1) is 15.2. The SMILES string of the molecule is Cc1c(C(=O)NCCCc2ncn[nH]2)cnn1CCCN. The van der Waals surface area contributed by atoms with Crippen LogP contribution in [-0.2, 0) is 13.0 Å². The number of rotatable bonds is 8. The molecule has 4 N–H and O–H groups in total. The highest BCUT2D eigenvalue weighted by Gasteiger charge is 2.13. The van der Waals surface area contributed by atoms with Crippen molar-refractivity contribution >= 4 is 5.91 Å². The van der Waals surface area contributed by atoms with Crippen molar-refractivity contribution < 1.29 is 4.79 Å². The van der Waals surface area contributed by atoms with Gasteiger partial charge in [0.1, 0.15) is 12.2 Å². The predicted molar refractivity (Wildman–Crippen MR) is 77.7 cm³/mol. The van der Waals surface area contributed by atoms with E-state index in [9.17, 15) is 4.79 Å². The van der Waals surface area contributed by atoms with E-state index in [4.69, 9.17) is 5.73 Å². The number of nitrogens with one attached hydrogen (secondary N) is 2. The van der Waals surface area contributed by atoms with Gasteiger partial charge in [0.15, 0.2) is 0 Å². The Morgan fingerprint density at radius 2 is 2.33 bits per heavy atom. The minimum absolute atomic E-state index is 0.0935. The standard InChI is InChI=1S/C13H21N7O/c1-10-11(8-18-20(10)7-3-5-14)13(21)15-6-2-4-12-16-9-17-19-12/h8-9H,2-7,14H2,1H3,(H,15,21)(H,16,17,19). The molecule has 0 aliphatic heterocycles. The number of aryl methyl sites for hydroxylation is 2. The van der Waals surface area contributed by atoms with Crippen LogP contribution in [0.15, 0.2) is 12.5 Å². The Kier molecular flexibility index (Phi) is 5.44. The van der Waals surface area contributed by atoms with Crippen molar-refractivity contribution in [3.05, 3.63) is 29.6 Å². The van der Waals surface area contributed by atoms with Crippen molar-refractivity contribution in [3.8, 4) is 0 Å². The Morgan fingerprint density at radius 3 is 3.05 bits per heavy atom. The van der Waals surface area contributed by atoms with Crippen LogP contribution in [0.5, 0.6) is 0 Å². The Morgan fingerprint density at radius 1 is 1.48 bits per heavy atom. The molecule has 0 fully saturated rings. The third kappa shape index (κ3) is 4.12. The molecule has 0 aliphatic rings. The zero-order valence-electron chi connectivity index (χ0n) is 12.2. The van der Waals surface area contributed by atoms with Gasteiger partial charge in [0.25, 0.3) is 5.91 Å². The number of aromatic nitrogens is 5. The molecule has 114 valence electrons. The second kappa shape index (κ2) is 7.53. The molecule has 8 heteroatoms. The molecular weight excluding hydrogens is 270 g/mol. The number of amides is 1. The molecule has 2 heterocycles. The van der Waals surface area contributed by atoms with Crippen LogP contribution in [0.3, 0.4) is 0 Å². The Bertz CT molecular complexity index is 561. The smallest absolute Gasteiger partial charge is 0.254 e. The van der Waals surface area contributed by atoms with Crippen LogP contribution in [-0.4, -0.2) is 44.0 Å². The topological polar surface area (TPSA) is 115 Å². The van der Waals surface area contributed by atoms with E-state index in [-0.39, 0.29) is 5.91 Å². The summed E-state index contributed by atoms with van der Waals surface area (Å²) in [6, 6.07) is 0. The van der Waals surface area contributed by atoms with E-state index in [2.05, 4.69) is 25.6 Å². The summed E-state index contributed by atoms with van der Waals surface area (Å²) in [5.74, 6) is 0.735. The van der Waals surface area contributed by atoms with Crippen molar-refractivity contribution in [2.45, 2.75) is 32.7 Å². The molecule has 2 rings (SSSR count). The van der Waals surface area contributed by atoms with E-state index in [0.717, 1.165) is 37.3 Å². The van der Waals surface area contributed by atoms with E-state index >= 15 is 0 Å². The summed E-state index contributed by atoms with van der Waals surface area (Å²) in [5.41, 5.74) is 6.97. The van der Waals surface area contributed by atoms with E-state index in [0.29, 0.717) is 18.7 Å². The molecule has 0 saturated heterocycles. The first-order chi connectivity index (χ1) is 10.2. The minimum Gasteiger partial charge on any atom is -0.352 e. The number of H-pyrrole nitrogens is 1. The number of aromatic amines is 1. The van der Waals surface area contributed by atoms with Gasteiger partial charge in [-0.25, -0.2) is 4.98 Å². The Balaban J connectivity index is 1.79. The Hall–Kier alpha value is -2.22. The largest absolute Gasteiger partial charge is 0.352 e. The lowest BCUT2D eigenvalue weighted by Gasteiger charge is -2.05. The molecule has 0 unspecified atom stereocenters. The van der Waals surface area contributed by atoms with Crippen LogP contribution in [0, 0.1) is 6.92 Å². The molecule has 0 aromatic carbocycles. The molecule has 0 bridgehead atoms. The van der Waals surface area contributed by atoms with Crippen LogP contribution in [0.1, 0.15) is 34.7 Å². The maximum atomic E-state index is 12.1. The average molecular weight is 291 g/mol. The van der Waals surface area contributed by atoms with Gasteiger partial charge in [0, 0.05) is 25.2 Å². The van der Waals surface area contributed by atoms with Gasteiger partial charge in [0.2, 0.25) is 0 Å². The van der Waals surface area contributed by atoms with Crippen LogP contribution >= 0.6 is 0 Å². The third-order valence-corrected chi connectivity index (χ3v) is 3.26. The molecule has 1 amide bonds. The van der Waals surface area contributed by atoms with Crippen molar-refractivity contribution in [2.75, 3.05) is 13.1 Å². The fourth-order valence-electron chi connectivity index (χ4n) is 2.04. The molecule has 0 radical (unpaired) electrons. The number of carbonyl (C=O) groups excluding carboxylic acids is 1. The summed E-state index contributed by atoms with van der Waals surface area (Å²) in [7, 11) is 0. The summed E-state index contributed by atoms with van der Waals surface area (Å²) in [5, 5.41) is 13.7. The normalized spacial score (nSPS) is 10.8. The highest BCUT2D eigenvalue weighted by molar-refractivity contribution is 5.94. The zero-order valence-corrected chi connectivity index (χ0v) is 12.2. The lowest BCUT2D eigenvalue weighted by atomic mass is 10.2. The number of nitrogens with zero attached hydrogens (tertiary/aromatic N) is 4. The number of hydrogen-bond donors (Lipinski definition) is 3. The second-order valence-electron chi connectivity index (χ2n) is 4.80. The van der Waals surface area contributed by atoms with Gasteiger partial charge in [-0.05, 0) is 26.3 Å². The van der Waals surface area contributed by atoms with E-state index in [1.807, 2.05) is 11.6 Å². The quantitative estimate of drug-likeness (QED) is 0.593. The summed E-state index contributed by atoms with van der Waals surface area (Å²) in [6.07, 6.45) is 5.50. The lowest BCUT2D eigenvalue weighted by Crippen LogP contribution is -2.25. The third-order valence-electron chi connectivity index (χ3n) is 3.26. The Labute approximate surface area is 123 Å². The monoisotopic (exact) mass is 291 g/mol. The van der Waals surface area contributed by atoms with E-state index in [1.54, 1.807) is 6.20 Å². The molecule has 0 saturated carbocycles. The number of hydrogen-bond acceptors (Lipinski definition) is 5. The first-order valence-electron chi connectivity index (χ1n) is 7.07. The highest BCUT2D eigenvalue weighted by Crippen LogP contribution is 2.07. The molecule has 8 nitrogen and oxygen atoms in total. The molecule has 2 aromatic heterocycles. The van der Waals surface area contributed by atoms with E-state index in [1.165, 1.54) is 6.33 Å². The fraction of sp³-hybridized carbons (Fsp3) is 0.538. The fourth-order valence-corrected chi connectivity index (χ4v) is 2.04.